The second-order valence-electron chi connectivity index (χ2n) is 24.1. The molecule has 108 heavy (non-hydrogen) atoms. The summed E-state index contributed by atoms with van der Waals surface area (Å²) in [5.74, 6) is 2.93. The standard InChI is InChI=1S/C76H92N12O20/c1-9-37-105-57-21-13-53(14-22-57)41-61(73(97)101-5)81-65(89)45-77-69(93)49-85-29-31-86(50-70(94)78-46-66(90)82-62(74(98)102-6)42-54-15-23-58(24-16-54)106-38-10-2)33-35-88(52-72(96)80-48-68(92)84-64(76(100)104-8)44-56-19-27-60(28-20-56)108-40-12-4)36-34-87(32-30-85)51-71(95)79-47-67(91)83-63(75(99)103-7)43-55-17-25-59(26-18-55)107-39-11-3/h1-4,13-28,61-64H,29-52H2,5-8H3,(H,77,93)(H,78,94)(H,79,95)(H,80,96)(H,81,89)(H,82,90)(H,83,91)(H,84,92)/t61-,62-,63-,64-/m0/s1. The van der Waals surface area contributed by atoms with Crippen LogP contribution in [-0.4, -0.2) is 274 Å². The highest BCUT2D eigenvalue weighted by atomic mass is 16.5. The summed E-state index contributed by atoms with van der Waals surface area (Å²) < 4.78 is 41.6. The summed E-state index contributed by atoms with van der Waals surface area (Å²) in [4.78, 5) is 168. The van der Waals surface area contributed by atoms with Crippen LogP contribution in [0.4, 0.5) is 0 Å². The predicted molar refractivity (Wildman–Crippen MR) is 391 cm³/mol. The Labute approximate surface area is 627 Å². The molecule has 0 spiro atoms. The van der Waals surface area contributed by atoms with Gasteiger partial charge in [0.25, 0.3) is 0 Å². The van der Waals surface area contributed by atoms with Crippen LogP contribution in [0.2, 0.25) is 0 Å². The van der Waals surface area contributed by atoms with Gasteiger partial charge in [-0.15, -0.1) is 25.7 Å². The van der Waals surface area contributed by atoms with Crippen molar-refractivity contribution in [2.75, 3.05) is 160 Å². The van der Waals surface area contributed by atoms with E-state index in [2.05, 4.69) is 66.2 Å². The van der Waals surface area contributed by atoms with Crippen LogP contribution in [0.3, 0.4) is 0 Å². The Hall–Kier alpha value is -12.2. The highest BCUT2D eigenvalue weighted by molar-refractivity contribution is 5.92. The molecule has 0 bridgehead atoms. The molecule has 4 aromatic carbocycles. The molecule has 4 atom stereocenters. The average molecular weight is 1490 g/mol. The predicted octanol–water partition coefficient (Wildman–Crippen LogP) is -2.68. The van der Waals surface area contributed by atoms with Crippen LogP contribution in [-0.2, 0) is 102 Å². The van der Waals surface area contributed by atoms with E-state index in [1.54, 1.807) is 117 Å². The lowest BCUT2D eigenvalue weighted by Gasteiger charge is -2.33. The van der Waals surface area contributed by atoms with Crippen molar-refractivity contribution in [3.05, 3.63) is 119 Å². The van der Waals surface area contributed by atoms with Gasteiger partial charge in [0.05, 0.1) is 80.8 Å². The van der Waals surface area contributed by atoms with Crippen molar-refractivity contribution in [3.8, 4) is 72.4 Å². The fourth-order valence-corrected chi connectivity index (χ4v) is 10.6. The topological polar surface area (TPSA) is 388 Å². The van der Waals surface area contributed by atoms with Gasteiger partial charge in [-0.25, -0.2) is 19.2 Å². The summed E-state index contributed by atoms with van der Waals surface area (Å²) >= 11 is 0. The van der Waals surface area contributed by atoms with E-state index in [0.717, 1.165) is 28.4 Å². The molecule has 5 rings (SSSR count). The number of hydrogen-bond acceptors (Lipinski definition) is 24. The summed E-state index contributed by atoms with van der Waals surface area (Å²) in [6.45, 7) is -3.21. The maximum Gasteiger partial charge on any atom is 0.328 e. The van der Waals surface area contributed by atoms with E-state index in [9.17, 15) is 57.5 Å². The molecule has 32 heteroatoms. The van der Waals surface area contributed by atoms with Crippen LogP contribution in [0.5, 0.6) is 23.0 Å². The molecule has 1 heterocycles. The summed E-state index contributed by atoms with van der Waals surface area (Å²) in [5.41, 5.74) is 2.55. The maximum absolute atomic E-state index is 13.9. The third kappa shape index (κ3) is 33.3. The molecule has 32 nitrogen and oxygen atoms in total. The lowest BCUT2D eigenvalue weighted by Crippen LogP contribution is -2.53. The fourth-order valence-electron chi connectivity index (χ4n) is 10.6. The third-order valence-electron chi connectivity index (χ3n) is 16.2. The van der Waals surface area contributed by atoms with Gasteiger partial charge in [0.15, 0.2) is 0 Å². The molecule has 576 valence electrons. The largest absolute Gasteiger partial charge is 0.481 e. The first-order valence-electron chi connectivity index (χ1n) is 34.1. The molecule has 8 amide bonds. The number of carbonyl (C=O) groups is 12. The zero-order valence-corrected chi connectivity index (χ0v) is 60.8. The van der Waals surface area contributed by atoms with Gasteiger partial charge in [-0.3, -0.25) is 58.0 Å². The zero-order chi connectivity index (χ0) is 78.6. The fraction of sp³-hybridized carbons (Fsp3) is 0.421. The van der Waals surface area contributed by atoms with Gasteiger partial charge < -0.3 is 80.4 Å². The van der Waals surface area contributed by atoms with E-state index in [4.69, 9.17) is 63.6 Å². The monoisotopic (exact) mass is 1490 g/mol. The van der Waals surface area contributed by atoms with E-state index in [-0.39, 0.29) is 131 Å². The number of benzene rings is 4. The summed E-state index contributed by atoms with van der Waals surface area (Å²) in [5, 5.41) is 20.8. The smallest absolute Gasteiger partial charge is 0.328 e. The summed E-state index contributed by atoms with van der Waals surface area (Å²) in [6, 6.07) is 22.0. The molecule has 1 aliphatic heterocycles. The number of methoxy groups -OCH3 is 4. The molecule has 4 aromatic rings. The average Bonchev–Trinajstić information content (AvgIpc) is 0.896. The number of carbonyl (C=O) groups excluding carboxylic acids is 12. The zero-order valence-electron chi connectivity index (χ0n) is 60.8. The second kappa shape index (κ2) is 48.0. The highest BCUT2D eigenvalue weighted by Gasteiger charge is 2.29. The first-order valence-corrected chi connectivity index (χ1v) is 34.1. The van der Waals surface area contributed by atoms with Gasteiger partial charge in [0.1, 0.15) is 73.6 Å². The maximum atomic E-state index is 13.9. The molecule has 1 fully saturated rings. The highest BCUT2D eigenvalue weighted by Crippen LogP contribution is 2.18. The number of esters is 4. The van der Waals surface area contributed by atoms with Crippen LogP contribution in [0, 0.1) is 49.4 Å². The SMILES string of the molecule is C#CCOc1ccc(C[C@H](NC(=O)CNC(=O)CN2CCN(CC(=O)NCC(=O)N[C@@H](Cc3ccc(OCC#C)cc3)C(=O)OC)CCN(CC(=O)NCC(=O)N[C@@H](Cc3ccc(OCC#C)cc3)C(=O)OC)CCN(CC(=O)NCC(=O)N[C@@H](Cc3ccc(OCC#C)cc3)C(=O)OC)CC2)C(=O)OC)cc1. The molecule has 0 unspecified atom stereocenters. The van der Waals surface area contributed by atoms with Crippen molar-refractivity contribution < 1.29 is 95.4 Å². The van der Waals surface area contributed by atoms with Crippen molar-refractivity contribution in [2.45, 2.75) is 49.9 Å². The molecule has 0 aliphatic carbocycles. The van der Waals surface area contributed by atoms with Crippen molar-refractivity contribution in [3.63, 3.8) is 0 Å². The Bertz CT molecular complexity index is 3320. The lowest BCUT2D eigenvalue weighted by molar-refractivity contribution is -0.145. The van der Waals surface area contributed by atoms with Crippen LogP contribution < -0.4 is 61.5 Å². The van der Waals surface area contributed by atoms with E-state index in [1.165, 1.54) is 0 Å². The molecular formula is C76H92N12O20. The van der Waals surface area contributed by atoms with Crippen molar-refractivity contribution in [1.82, 2.24) is 62.1 Å². The molecular weight excluding hydrogens is 1400 g/mol. The molecule has 0 saturated carbocycles. The van der Waals surface area contributed by atoms with E-state index in [0.29, 0.717) is 45.3 Å². The molecule has 1 saturated heterocycles. The first kappa shape index (κ1) is 86.4. The minimum Gasteiger partial charge on any atom is -0.481 e. The molecule has 0 radical (unpaired) electrons. The molecule has 8 N–H and O–H groups in total. The number of ether oxygens (including phenoxy) is 8. The van der Waals surface area contributed by atoms with Gasteiger partial charge in [-0.1, -0.05) is 72.2 Å². The number of terminal acetylenes is 4. The Morgan fingerprint density at radius 3 is 0.639 bits per heavy atom. The van der Waals surface area contributed by atoms with E-state index < -0.39 is 121 Å². The Morgan fingerprint density at radius 2 is 0.481 bits per heavy atom. The van der Waals surface area contributed by atoms with Crippen LogP contribution >= 0.6 is 0 Å². The minimum atomic E-state index is -1.16. The van der Waals surface area contributed by atoms with Crippen LogP contribution in [0.1, 0.15) is 22.3 Å². The second-order valence-corrected chi connectivity index (χ2v) is 24.1. The van der Waals surface area contributed by atoms with Gasteiger partial charge in [0.2, 0.25) is 47.3 Å². The van der Waals surface area contributed by atoms with E-state index >= 15 is 0 Å². The number of amides is 8. The lowest BCUT2D eigenvalue weighted by atomic mass is 10.1. The van der Waals surface area contributed by atoms with Crippen molar-refractivity contribution in [1.29, 1.82) is 0 Å². The Morgan fingerprint density at radius 1 is 0.306 bits per heavy atom. The number of hydrogen-bond donors (Lipinski definition) is 8. The molecule has 1 aliphatic rings. The number of nitrogens with one attached hydrogen (secondary N) is 8. The summed E-state index contributed by atoms with van der Waals surface area (Å²) in [7, 11) is 4.64. The number of nitrogens with zero attached hydrogens (tertiary/aromatic N) is 4. The van der Waals surface area contributed by atoms with Gasteiger partial charge >= 0.3 is 23.9 Å². The normalized spacial score (nSPS) is 13.8. The van der Waals surface area contributed by atoms with Crippen molar-refractivity contribution >= 4 is 71.1 Å². The third-order valence-corrected chi connectivity index (χ3v) is 16.2. The van der Waals surface area contributed by atoms with Crippen LogP contribution in [0.25, 0.3) is 0 Å². The van der Waals surface area contributed by atoms with Crippen LogP contribution in [0.15, 0.2) is 97.1 Å². The van der Waals surface area contributed by atoms with E-state index in [1.807, 2.05) is 0 Å². The number of rotatable bonds is 40. The molecule has 0 aromatic heterocycles. The van der Waals surface area contributed by atoms with Crippen molar-refractivity contribution in [2.24, 2.45) is 0 Å². The minimum absolute atomic E-state index is 0.0155. The van der Waals surface area contributed by atoms with Gasteiger partial charge in [-0.2, -0.15) is 0 Å². The van der Waals surface area contributed by atoms with Gasteiger partial charge in [-0.05, 0) is 70.8 Å². The Balaban J connectivity index is 1.36. The Kier molecular flexibility index (Phi) is 38.4. The van der Waals surface area contributed by atoms with Gasteiger partial charge in [0, 0.05) is 78.0 Å². The first-order chi connectivity index (χ1) is 52.0. The quantitative estimate of drug-likeness (QED) is 0.0128. The summed E-state index contributed by atoms with van der Waals surface area (Å²) in [6.07, 6.45) is 21.3.